The Kier molecular flexibility index (Phi) is 3.76. The van der Waals surface area contributed by atoms with Gasteiger partial charge in [-0.15, -0.1) is 11.6 Å². The van der Waals surface area contributed by atoms with E-state index in [-0.39, 0.29) is 16.6 Å². The van der Waals surface area contributed by atoms with Crippen molar-refractivity contribution >= 4 is 17.4 Å². The SMILES string of the molecule is CC[C@H]1CC[C@H]2[C@@H]3CC=C4CC(=O)C(Cl)C[C@]4(C)[C@H]3CC[C@]12C. The molecule has 4 rings (SSSR count). The van der Waals surface area contributed by atoms with E-state index in [2.05, 4.69) is 26.8 Å². The van der Waals surface area contributed by atoms with Gasteiger partial charge in [0, 0.05) is 6.42 Å². The largest absolute Gasteiger partial charge is 0.298 e. The molecule has 0 bridgehead atoms. The molecular weight excluding hydrogens is 304 g/mol. The van der Waals surface area contributed by atoms with Gasteiger partial charge in [0.2, 0.25) is 0 Å². The quantitative estimate of drug-likeness (QED) is 0.440. The van der Waals surface area contributed by atoms with E-state index in [4.69, 9.17) is 11.6 Å². The van der Waals surface area contributed by atoms with Gasteiger partial charge in [0.25, 0.3) is 0 Å². The third-order valence-corrected chi connectivity index (χ3v) is 9.03. The molecule has 0 N–H and O–H groups in total. The van der Waals surface area contributed by atoms with Crippen molar-refractivity contribution in [2.75, 3.05) is 0 Å². The van der Waals surface area contributed by atoms with Gasteiger partial charge in [-0.05, 0) is 73.0 Å². The average molecular weight is 335 g/mol. The van der Waals surface area contributed by atoms with Crippen molar-refractivity contribution < 1.29 is 4.79 Å². The van der Waals surface area contributed by atoms with Crippen LogP contribution in [0.1, 0.15) is 72.1 Å². The Hall–Kier alpha value is -0.300. The van der Waals surface area contributed by atoms with Gasteiger partial charge in [0.1, 0.15) is 0 Å². The summed E-state index contributed by atoms with van der Waals surface area (Å²) in [4.78, 5) is 12.1. The number of carbonyl (C=O) groups excluding carboxylic acids is 1. The summed E-state index contributed by atoms with van der Waals surface area (Å²) < 4.78 is 0. The Morgan fingerprint density at radius 2 is 2.00 bits per heavy atom. The fraction of sp³-hybridized carbons (Fsp3) is 0.857. The Balaban J connectivity index is 1.68. The Labute approximate surface area is 146 Å². The summed E-state index contributed by atoms with van der Waals surface area (Å²) in [5.41, 5.74) is 2.19. The normalized spacial score (nSPS) is 52.4. The first-order chi connectivity index (χ1) is 10.9. The predicted molar refractivity (Wildman–Crippen MR) is 95.5 cm³/mol. The van der Waals surface area contributed by atoms with Gasteiger partial charge in [-0.2, -0.15) is 0 Å². The monoisotopic (exact) mass is 334 g/mol. The average Bonchev–Trinajstić information content (AvgIpc) is 2.85. The first-order valence-corrected chi connectivity index (χ1v) is 10.2. The first-order valence-electron chi connectivity index (χ1n) is 9.76. The van der Waals surface area contributed by atoms with Gasteiger partial charge in [-0.3, -0.25) is 4.79 Å². The molecule has 0 spiro atoms. The molecular formula is C21H31ClO. The highest BCUT2D eigenvalue weighted by molar-refractivity contribution is 6.31. The molecule has 128 valence electrons. The van der Waals surface area contributed by atoms with E-state index < -0.39 is 0 Å². The van der Waals surface area contributed by atoms with Crippen LogP contribution in [0.5, 0.6) is 0 Å². The lowest BCUT2D eigenvalue weighted by molar-refractivity contribution is -0.122. The molecule has 0 aliphatic heterocycles. The molecule has 4 aliphatic carbocycles. The fourth-order valence-corrected chi connectivity index (χ4v) is 7.68. The summed E-state index contributed by atoms with van der Waals surface area (Å²) in [6.07, 6.45) is 12.1. The van der Waals surface area contributed by atoms with E-state index in [1.165, 1.54) is 44.1 Å². The van der Waals surface area contributed by atoms with Crippen LogP contribution in [0.15, 0.2) is 11.6 Å². The van der Waals surface area contributed by atoms with Crippen LogP contribution in [0.3, 0.4) is 0 Å². The molecule has 0 aromatic rings. The van der Waals surface area contributed by atoms with Crippen LogP contribution in [-0.2, 0) is 4.79 Å². The molecule has 0 saturated heterocycles. The number of carbonyl (C=O) groups is 1. The second-order valence-electron chi connectivity index (χ2n) is 9.30. The standard InChI is InChI=1S/C21H31ClO/c1-4-13-6-8-16-15-7-5-14-11-19(23)18(22)12-21(14,3)17(15)9-10-20(13,16)2/h5,13,15-18H,4,6-12H2,1-3H3/t13-,15-,16-,17-,18?,20+,21-/m0/s1. The summed E-state index contributed by atoms with van der Waals surface area (Å²) in [7, 11) is 0. The van der Waals surface area contributed by atoms with Crippen molar-refractivity contribution in [3.8, 4) is 0 Å². The van der Waals surface area contributed by atoms with Gasteiger partial charge in [-0.25, -0.2) is 0 Å². The molecule has 0 aromatic carbocycles. The number of hydrogen-bond donors (Lipinski definition) is 0. The number of allylic oxidation sites excluding steroid dienone is 2. The zero-order valence-electron chi connectivity index (χ0n) is 14.9. The van der Waals surface area contributed by atoms with Crippen molar-refractivity contribution in [2.45, 2.75) is 77.5 Å². The zero-order valence-corrected chi connectivity index (χ0v) is 15.7. The second kappa shape index (κ2) is 5.35. The molecule has 7 atom stereocenters. The predicted octanol–water partition coefficient (Wildman–Crippen LogP) is 5.76. The van der Waals surface area contributed by atoms with Crippen LogP contribution in [0.4, 0.5) is 0 Å². The fourth-order valence-electron chi connectivity index (χ4n) is 7.28. The second-order valence-corrected chi connectivity index (χ2v) is 9.83. The lowest BCUT2D eigenvalue weighted by Gasteiger charge is -2.58. The van der Waals surface area contributed by atoms with Crippen LogP contribution in [0.2, 0.25) is 0 Å². The van der Waals surface area contributed by atoms with E-state index in [9.17, 15) is 4.79 Å². The van der Waals surface area contributed by atoms with E-state index >= 15 is 0 Å². The van der Waals surface area contributed by atoms with Crippen molar-refractivity contribution in [1.82, 2.24) is 0 Å². The number of fused-ring (bicyclic) bond motifs is 5. The van der Waals surface area contributed by atoms with E-state index in [1.807, 2.05) is 0 Å². The molecule has 1 nitrogen and oxygen atoms in total. The van der Waals surface area contributed by atoms with Gasteiger partial charge >= 0.3 is 0 Å². The summed E-state index contributed by atoms with van der Waals surface area (Å²) in [5, 5.41) is -0.254. The van der Waals surface area contributed by atoms with Gasteiger partial charge in [0.15, 0.2) is 5.78 Å². The molecule has 3 saturated carbocycles. The van der Waals surface area contributed by atoms with Crippen molar-refractivity contribution in [3.05, 3.63) is 11.6 Å². The molecule has 0 heterocycles. The van der Waals surface area contributed by atoms with Crippen LogP contribution in [0, 0.1) is 34.5 Å². The summed E-state index contributed by atoms with van der Waals surface area (Å²) in [5.74, 6) is 3.66. The third-order valence-electron chi connectivity index (χ3n) is 8.63. The topological polar surface area (TPSA) is 17.1 Å². The molecule has 0 radical (unpaired) electrons. The minimum Gasteiger partial charge on any atom is -0.298 e. The van der Waals surface area contributed by atoms with Crippen molar-refractivity contribution in [3.63, 3.8) is 0 Å². The maximum atomic E-state index is 12.1. The minimum atomic E-state index is -0.254. The van der Waals surface area contributed by atoms with Gasteiger partial charge in [-0.1, -0.05) is 38.8 Å². The molecule has 4 aliphatic rings. The lowest BCUT2D eigenvalue weighted by Crippen LogP contribution is -2.51. The Morgan fingerprint density at radius 3 is 2.74 bits per heavy atom. The number of rotatable bonds is 1. The zero-order chi connectivity index (χ0) is 16.4. The Morgan fingerprint density at radius 1 is 1.22 bits per heavy atom. The highest BCUT2D eigenvalue weighted by Gasteiger charge is 2.58. The van der Waals surface area contributed by atoms with E-state index in [0.717, 1.165) is 30.1 Å². The third kappa shape index (κ3) is 2.14. The number of Topliss-reactive ketones (excluding diaryl/α,β-unsaturated/α-hetero) is 1. The lowest BCUT2D eigenvalue weighted by atomic mass is 9.47. The minimum absolute atomic E-state index is 0.189. The Bertz CT molecular complexity index is 552. The van der Waals surface area contributed by atoms with Crippen LogP contribution in [0.25, 0.3) is 0 Å². The van der Waals surface area contributed by atoms with Gasteiger partial charge in [0.05, 0.1) is 5.38 Å². The maximum absolute atomic E-state index is 12.1. The number of ketones is 1. The van der Waals surface area contributed by atoms with Crippen LogP contribution >= 0.6 is 11.6 Å². The summed E-state index contributed by atoms with van der Waals surface area (Å²) in [6.45, 7) is 7.40. The molecule has 23 heavy (non-hydrogen) atoms. The summed E-state index contributed by atoms with van der Waals surface area (Å²) >= 11 is 6.42. The van der Waals surface area contributed by atoms with E-state index in [0.29, 0.717) is 11.8 Å². The molecule has 0 aromatic heterocycles. The van der Waals surface area contributed by atoms with Gasteiger partial charge < -0.3 is 0 Å². The van der Waals surface area contributed by atoms with E-state index in [1.54, 1.807) is 0 Å². The first kappa shape index (κ1) is 16.2. The van der Waals surface area contributed by atoms with Crippen molar-refractivity contribution in [1.29, 1.82) is 0 Å². The number of alkyl halides is 1. The highest BCUT2D eigenvalue weighted by Crippen LogP contribution is 2.66. The molecule has 2 heteroatoms. The van der Waals surface area contributed by atoms with Crippen LogP contribution in [-0.4, -0.2) is 11.2 Å². The van der Waals surface area contributed by atoms with Crippen LogP contribution < -0.4 is 0 Å². The number of hydrogen-bond acceptors (Lipinski definition) is 1. The molecule has 3 fully saturated rings. The molecule has 1 unspecified atom stereocenters. The maximum Gasteiger partial charge on any atom is 0.154 e. The summed E-state index contributed by atoms with van der Waals surface area (Å²) in [6, 6.07) is 0. The highest BCUT2D eigenvalue weighted by atomic mass is 35.5. The number of halogens is 1. The van der Waals surface area contributed by atoms with Crippen molar-refractivity contribution in [2.24, 2.45) is 34.5 Å². The smallest absolute Gasteiger partial charge is 0.154 e. The molecule has 0 amide bonds.